The molecule has 0 aromatic heterocycles. The van der Waals surface area contributed by atoms with Crippen molar-refractivity contribution >= 4 is 34.1 Å². The van der Waals surface area contributed by atoms with Crippen LogP contribution in [0.2, 0.25) is 0 Å². The smallest absolute Gasteiger partial charge is 0.381 e. The molecule has 0 spiro atoms. The van der Waals surface area contributed by atoms with Gasteiger partial charge in [0.25, 0.3) is 0 Å². The van der Waals surface area contributed by atoms with Gasteiger partial charge in [-0.2, -0.15) is 52.7 Å². The second kappa shape index (κ2) is 26.7. The Morgan fingerprint density at radius 1 is 0.378 bits per heavy atom. The van der Waals surface area contributed by atoms with E-state index >= 15 is 26.3 Å². The van der Waals surface area contributed by atoms with Gasteiger partial charge < -0.3 is 28.7 Å². The highest BCUT2D eigenvalue weighted by Gasteiger charge is 2.41. The largest absolute Gasteiger partial charge is 0.417 e. The molecule has 6 aromatic carbocycles. The Kier molecular flexibility index (Phi) is 20.1. The van der Waals surface area contributed by atoms with Crippen molar-refractivity contribution in [3.05, 3.63) is 167 Å². The van der Waals surface area contributed by atoms with Crippen molar-refractivity contribution in [2.24, 2.45) is 10.8 Å². The predicted octanol–water partition coefficient (Wildman–Crippen LogP) is 19.5. The fourth-order valence-corrected chi connectivity index (χ4v) is 10.3. The van der Waals surface area contributed by atoms with Crippen molar-refractivity contribution in [3.8, 4) is 11.1 Å². The normalized spacial score (nSPS) is 15.2. The van der Waals surface area contributed by atoms with Crippen molar-refractivity contribution in [1.29, 1.82) is 0 Å². The lowest BCUT2D eigenvalue weighted by Gasteiger charge is -2.40. The van der Waals surface area contributed by atoms with Crippen LogP contribution in [0.15, 0.2) is 133 Å². The highest BCUT2D eigenvalue weighted by atomic mass is 19.4. The van der Waals surface area contributed by atoms with E-state index in [4.69, 9.17) is 18.9 Å². The van der Waals surface area contributed by atoms with Gasteiger partial charge in [-0.25, -0.2) is 0 Å². The monoisotopic (exact) mass is 1160 g/mol. The SMILES string of the molecule is CCC1(COCCCCCCc2ccc(N(c3ccc(C(F)(F)F)cc3)c3ccc(-c4ccc(N(c5ccc(CCCCCCOCC6(CC)COC6)cc5)c5ccc(C(F)(F)F)cc5)cc4C(F)(F)F)c(C(F)(F)F)c3)cc2)COC1. The molecule has 0 atom stereocenters. The first-order valence-electron chi connectivity index (χ1n) is 27.9. The first-order chi connectivity index (χ1) is 39.0. The summed E-state index contributed by atoms with van der Waals surface area (Å²) in [5.41, 5.74) is -4.32. The Hall–Kier alpha value is -6.08. The summed E-state index contributed by atoms with van der Waals surface area (Å²) >= 11 is 0. The molecule has 82 heavy (non-hydrogen) atoms. The van der Waals surface area contributed by atoms with Crippen LogP contribution < -0.4 is 9.80 Å². The number of unbranched alkanes of at least 4 members (excludes halogenated alkanes) is 6. The number of hydrogen-bond acceptors (Lipinski definition) is 6. The third kappa shape index (κ3) is 15.8. The molecule has 2 aliphatic rings. The zero-order chi connectivity index (χ0) is 58.8. The van der Waals surface area contributed by atoms with E-state index in [9.17, 15) is 26.3 Å². The number of benzene rings is 6. The molecule has 442 valence electrons. The summed E-state index contributed by atoms with van der Waals surface area (Å²) in [7, 11) is 0. The number of rotatable bonds is 27. The first-order valence-corrected chi connectivity index (χ1v) is 27.9. The lowest BCUT2D eigenvalue weighted by molar-refractivity contribution is -0.150. The summed E-state index contributed by atoms with van der Waals surface area (Å²) in [5, 5.41) is 0. The molecule has 0 N–H and O–H groups in total. The van der Waals surface area contributed by atoms with Gasteiger partial charge in [-0.15, -0.1) is 0 Å². The molecule has 0 bridgehead atoms. The minimum Gasteiger partial charge on any atom is -0.381 e. The maximum Gasteiger partial charge on any atom is 0.417 e. The quantitative estimate of drug-likeness (QED) is 0.0378. The zero-order valence-corrected chi connectivity index (χ0v) is 45.9. The fourth-order valence-electron chi connectivity index (χ4n) is 10.3. The lowest BCUT2D eigenvalue weighted by Crippen LogP contribution is -2.45. The van der Waals surface area contributed by atoms with Crippen molar-refractivity contribution in [2.45, 2.75) is 116 Å². The maximum absolute atomic E-state index is 15.4. The molecule has 0 unspecified atom stereocenters. The Bertz CT molecular complexity index is 2750. The van der Waals surface area contributed by atoms with Crippen LogP contribution in [0.5, 0.6) is 0 Å². The highest BCUT2D eigenvalue weighted by molar-refractivity contribution is 5.84. The second-order valence-electron chi connectivity index (χ2n) is 21.7. The summed E-state index contributed by atoms with van der Waals surface area (Å²) in [6, 6.07) is 26.7. The molecule has 0 radical (unpaired) electrons. The number of hydrogen-bond donors (Lipinski definition) is 0. The van der Waals surface area contributed by atoms with Gasteiger partial charge in [0.2, 0.25) is 0 Å². The Morgan fingerprint density at radius 3 is 0.963 bits per heavy atom. The van der Waals surface area contributed by atoms with Gasteiger partial charge in [0.1, 0.15) is 0 Å². The molecule has 2 saturated heterocycles. The standard InChI is InChI=1S/C64H68F12N2O4/c1-3-59(41-81-42-59)39-79-35-11-7-5-9-13-45-15-23-49(24-16-45)77(51-27-19-47(20-28-51)61(65,66)67)53-31-33-55(57(37-53)63(71,72)73)56-34-32-54(38-58(56)64(74,75)76)78(52-29-21-48(22-30-52)62(68,69)70)50-25-17-46(18-26-50)14-10-6-8-12-36-80-40-60(4-2)43-82-44-60/h15-34,37-38H,3-14,35-36,39-44H2,1-2H3. The Labute approximate surface area is 471 Å². The number of alkyl halides is 12. The van der Waals surface area contributed by atoms with E-state index in [1.807, 2.05) is 0 Å². The van der Waals surface area contributed by atoms with Gasteiger partial charge in [-0.1, -0.05) is 75.9 Å². The molecule has 0 aliphatic carbocycles. The van der Waals surface area contributed by atoms with Gasteiger partial charge in [0, 0.05) is 58.2 Å². The number of ether oxygens (including phenoxy) is 4. The molecule has 2 heterocycles. The summed E-state index contributed by atoms with van der Waals surface area (Å²) < 4.78 is 198. The maximum atomic E-state index is 15.4. The summed E-state index contributed by atoms with van der Waals surface area (Å²) in [6.07, 6.45) is -9.49. The average molecular weight is 1160 g/mol. The van der Waals surface area contributed by atoms with Crippen LogP contribution in [0.25, 0.3) is 11.1 Å². The minimum absolute atomic E-state index is 0.0485. The molecule has 18 heteroatoms. The fraction of sp³-hybridized carbons (Fsp3) is 0.438. The Balaban J connectivity index is 1.04. The minimum atomic E-state index is -5.26. The van der Waals surface area contributed by atoms with Gasteiger partial charge in [-0.05, 0) is 171 Å². The van der Waals surface area contributed by atoms with E-state index < -0.39 is 58.1 Å². The summed E-state index contributed by atoms with van der Waals surface area (Å²) in [5.74, 6) is 0. The third-order valence-corrected chi connectivity index (χ3v) is 15.7. The van der Waals surface area contributed by atoms with Gasteiger partial charge in [0.15, 0.2) is 0 Å². The Morgan fingerprint density at radius 2 is 0.683 bits per heavy atom. The van der Waals surface area contributed by atoms with E-state index in [0.29, 0.717) is 77.8 Å². The van der Waals surface area contributed by atoms with Crippen LogP contribution in [0.3, 0.4) is 0 Å². The molecule has 6 aromatic rings. The van der Waals surface area contributed by atoms with E-state index in [-0.39, 0.29) is 45.0 Å². The van der Waals surface area contributed by atoms with Crippen LogP contribution in [-0.4, -0.2) is 52.9 Å². The van der Waals surface area contributed by atoms with Crippen molar-refractivity contribution < 1.29 is 71.6 Å². The topological polar surface area (TPSA) is 43.4 Å². The number of halogens is 12. The second-order valence-corrected chi connectivity index (χ2v) is 21.7. The first kappa shape index (κ1) is 62.0. The van der Waals surface area contributed by atoms with Gasteiger partial charge in [-0.3, -0.25) is 0 Å². The summed E-state index contributed by atoms with van der Waals surface area (Å²) in [4.78, 5) is 2.60. The molecular formula is C64H68F12N2O4. The van der Waals surface area contributed by atoms with Gasteiger partial charge >= 0.3 is 24.7 Å². The molecule has 0 amide bonds. The number of aryl methyl sites for hydroxylation is 2. The molecule has 2 fully saturated rings. The van der Waals surface area contributed by atoms with E-state index in [0.717, 1.165) is 136 Å². The molecule has 2 aliphatic heterocycles. The van der Waals surface area contributed by atoms with Gasteiger partial charge in [0.05, 0.1) is 61.9 Å². The van der Waals surface area contributed by atoms with Crippen LogP contribution in [0, 0.1) is 10.8 Å². The van der Waals surface area contributed by atoms with Crippen LogP contribution in [0.4, 0.5) is 86.8 Å². The molecule has 6 nitrogen and oxygen atoms in total. The van der Waals surface area contributed by atoms with Crippen molar-refractivity contribution in [2.75, 3.05) is 62.7 Å². The predicted molar refractivity (Wildman–Crippen MR) is 294 cm³/mol. The van der Waals surface area contributed by atoms with E-state index in [1.165, 1.54) is 21.9 Å². The van der Waals surface area contributed by atoms with Crippen LogP contribution in [0.1, 0.15) is 111 Å². The van der Waals surface area contributed by atoms with E-state index in [1.54, 1.807) is 48.5 Å². The van der Waals surface area contributed by atoms with Crippen LogP contribution in [-0.2, 0) is 56.5 Å². The van der Waals surface area contributed by atoms with Crippen LogP contribution >= 0.6 is 0 Å². The van der Waals surface area contributed by atoms with Crippen molar-refractivity contribution in [3.63, 3.8) is 0 Å². The molecule has 0 saturated carbocycles. The zero-order valence-electron chi connectivity index (χ0n) is 45.9. The molecule has 8 rings (SSSR count). The number of nitrogens with zero attached hydrogens (tertiary/aromatic N) is 2. The lowest BCUT2D eigenvalue weighted by atomic mass is 9.84. The van der Waals surface area contributed by atoms with E-state index in [2.05, 4.69) is 13.8 Å². The highest BCUT2D eigenvalue weighted by Crippen LogP contribution is 2.49. The summed E-state index contributed by atoms with van der Waals surface area (Å²) in [6.45, 7) is 9.70. The number of anilines is 6. The van der Waals surface area contributed by atoms with Crippen molar-refractivity contribution in [1.82, 2.24) is 0 Å². The molecular weight excluding hydrogens is 1090 g/mol. The average Bonchev–Trinajstić information content (AvgIpc) is 3.14. The third-order valence-electron chi connectivity index (χ3n) is 15.7.